The average molecular weight is 421 g/mol. The molecule has 3 N–H and O–H groups in total. The molecule has 31 heavy (non-hydrogen) atoms. The highest BCUT2D eigenvalue weighted by molar-refractivity contribution is 5.98. The number of carbonyl (C=O) groups excluding carboxylic acids is 2. The zero-order valence-corrected chi connectivity index (χ0v) is 18.2. The van der Waals surface area contributed by atoms with E-state index >= 15 is 0 Å². The number of nitrogens with zero attached hydrogens (tertiary/aromatic N) is 4. The first kappa shape index (κ1) is 20.8. The van der Waals surface area contributed by atoms with Crippen LogP contribution >= 0.6 is 0 Å². The Hall–Kier alpha value is -3.42. The SMILES string of the molecule is Cc1nc2c(C(N)=O)cnn2c(C)c1CCC(=O)Nc1ccc(N2CCC(C)C2)cc1. The van der Waals surface area contributed by atoms with Gasteiger partial charge < -0.3 is 16.0 Å². The van der Waals surface area contributed by atoms with Gasteiger partial charge in [0, 0.05) is 42.3 Å². The third kappa shape index (κ3) is 4.23. The molecular weight excluding hydrogens is 392 g/mol. The number of aryl methyl sites for hydroxylation is 2. The lowest BCUT2D eigenvalue weighted by atomic mass is 10.1. The molecule has 3 aromatic rings. The van der Waals surface area contributed by atoms with E-state index in [9.17, 15) is 9.59 Å². The van der Waals surface area contributed by atoms with Gasteiger partial charge in [-0.05, 0) is 62.4 Å². The highest BCUT2D eigenvalue weighted by Gasteiger charge is 2.19. The predicted molar refractivity (Wildman–Crippen MR) is 120 cm³/mol. The number of rotatable bonds is 6. The number of anilines is 2. The van der Waals surface area contributed by atoms with Crippen LogP contribution in [0, 0.1) is 19.8 Å². The highest BCUT2D eigenvalue weighted by Crippen LogP contribution is 2.25. The summed E-state index contributed by atoms with van der Waals surface area (Å²) in [4.78, 5) is 31.0. The van der Waals surface area contributed by atoms with Crippen molar-refractivity contribution in [1.29, 1.82) is 0 Å². The van der Waals surface area contributed by atoms with Crippen LogP contribution in [0.3, 0.4) is 0 Å². The summed E-state index contributed by atoms with van der Waals surface area (Å²) < 4.78 is 1.61. The van der Waals surface area contributed by atoms with Crippen molar-refractivity contribution in [2.24, 2.45) is 11.7 Å². The number of hydrogen-bond acceptors (Lipinski definition) is 5. The van der Waals surface area contributed by atoms with E-state index in [0.29, 0.717) is 24.1 Å². The summed E-state index contributed by atoms with van der Waals surface area (Å²) in [6.07, 6.45) is 3.51. The van der Waals surface area contributed by atoms with Crippen LogP contribution in [0.15, 0.2) is 30.5 Å². The summed E-state index contributed by atoms with van der Waals surface area (Å²) in [5, 5.41) is 7.20. The molecule has 3 heterocycles. The molecule has 8 nitrogen and oxygen atoms in total. The normalized spacial score (nSPS) is 16.1. The molecule has 0 aliphatic carbocycles. The number of benzene rings is 1. The van der Waals surface area contributed by atoms with E-state index < -0.39 is 5.91 Å². The van der Waals surface area contributed by atoms with E-state index in [-0.39, 0.29) is 5.91 Å². The molecule has 162 valence electrons. The highest BCUT2D eigenvalue weighted by atomic mass is 16.2. The molecule has 1 fully saturated rings. The maximum atomic E-state index is 12.5. The molecule has 0 spiro atoms. The minimum atomic E-state index is -0.557. The fraction of sp³-hybridized carbons (Fsp3) is 0.391. The first-order valence-corrected chi connectivity index (χ1v) is 10.6. The van der Waals surface area contributed by atoms with Gasteiger partial charge in [0.1, 0.15) is 5.56 Å². The molecule has 1 aromatic carbocycles. The van der Waals surface area contributed by atoms with Crippen LogP contribution in [0.5, 0.6) is 0 Å². The summed E-state index contributed by atoms with van der Waals surface area (Å²) in [6, 6.07) is 8.03. The van der Waals surface area contributed by atoms with E-state index in [2.05, 4.69) is 39.4 Å². The Morgan fingerprint density at radius 2 is 1.97 bits per heavy atom. The Balaban J connectivity index is 1.41. The molecule has 2 aromatic heterocycles. The van der Waals surface area contributed by atoms with E-state index in [1.807, 2.05) is 26.0 Å². The third-order valence-corrected chi connectivity index (χ3v) is 6.02. The molecule has 1 aliphatic rings. The third-order valence-electron chi connectivity index (χ3n) is 6.02. The maximum Gasteiger partial charge on any atom is 0.254 e. The van der Waals surface area contributed by atoms with Gasteiger partial charge in [0.2, 0.25) is 5.91 Å². The number of carbonyl (C=O) groups is 2. The molecule has 0 radical (unpaired) electrons. The second kappa shape index (κ2) is 8.37. The monoisotopic (exact) mass is 420 g/mol. The number of nitrogens with one attached hydrogen (secondary N) is 1. The van der Waals surface area contributed by atoms with Crippen molar-refractivity contribution >= 4 is 28.8 Å². The first-order chi connectivity index (χ1) is 14.8. The summed E-state index contributed by atoms with van der Waals surface area (Å²) in [5.41, 5.74) is 10.7. The molecule has 2 amide bonds. The number of aromatic nitrogens is 3. The van der Waals surface area contributed by atoms with Crippen molar-refractivity contribution < 1.29 is 9.59 Å². The Kier molecular flexibility index (Phi) is 5.63. The Bertz CT molecular complexity index is 1140. The quantitative estimate of drug-likeness (QED) is 0.638. The van der Waals surface area contributed by atoms with Crippen LogP contribution in [0.2, 0.25) is 0 Å². The van der Waals surface area contributed by atoms with Crippen LogP contribution in [0.4, 0.5) is 11.4 Å². The largest absolute Gasteiger partial charge is 0.371 e. The van der Waals surface area contributed by atoms with E-state index in [4.69, 9.17) is 5.73 Å². The minimum absolute atomic E-state index is 0.0558. The summed E-state index contributed by atoms with van der Waals surface area (Å²) >= 11 is 0. The van der Waals surface area contributed by atoms with Crippen LogP contribution in [0.25, 0.3) is 5.65 Å². The molecule has 1 atom stereocenters. The second-order valence-electron chi connectivity index (χ2n) is 8.35. The van der Waals surface area contributed by atoms with Crippen LogP contribution < -0.4 is 16.0 Å². The van der Waals surface area contributed by atoms with E-state index in [1.54, 1.807) is 4.52 Å². The molecule has 8 heteroatoms. The Morgan fingerprint density at radius 1 is 1.23 bits per heavy atom. The van der Waals surface area contributed by atoms with Gasteiger partial charge >= 0.3 is 0 Å². The van der Waals surface area contributed by atoms with E-state index in [1.165, 1.54) is 18.3 Å². The van der Waals surface area contributed by atoms with Gasteiger partial charge in [-0.15, -0.1) is 0 Å². The van der Waals surface area contributed by atoms with Gasteiger partial charge in [-0.25, -0.2) is 9.50 Å². The molecule has 0 saturated carbocycles. The molecule has 1 aliphatic heterocycles. The van der Waals surface area contributed by atoms with Crippen LogP contribution in [-0.2, 0) is 11.2 Å². The molecule has 1 saturated heterocycles. The smallest absolute Gasteiger partial charge is 0.254 e. The molecule has 0 bridgehead atoms. The lowest BCUT2D eigenvalue weighted by Crippen LogP contribution is -2.19. The summed E-state index contributed by atoms with van der Waals surface area (Å²) in [5.74, 6) is 0.113. The minimum Gasteiger partial charge on any atom is -0.371 e. The van der Waals surface area contributed by atoms with Crippen molar-refractivity contribution in [3.05, 3.63) is 53.0 Å². The summed E-state index contributed by atoms with van der Waals surface area (Å²) in [7, 11) is 0. The lowest BCUT2D eigenvalue weighted by molar-refractivity contribution is -0.116. The standard InChI is InChI=1S/C23H28N6O2/c1-14-10-11-28(13-14)18-6-4-17(5-7-18)27-21(30)9-8-19-15(2)26-23-20(22(24)31)12-25-29(23)16(19)3/h4-7,12,14H,8-11,13H2,1-3H3,(H2,24,31)(H,27,30). The van der Waals surface area contributed by atoms with Gasteiger partial charge in [0.15, 0.2) is 5.65 Å². The van der Waals surface area contributed by atoms with Gasteiger partial charge in [0.25, 0.3) is 5.91 Å². The van der Waals surface area contributed by atoms with Gasteiger partial charge in [-0.2, -0.15) is 5.10 Å². The van der Waals surface area contributed by atoms with Crippen molar-refractivity contribution in [2.75, 3.05) is 23.3 Å². The van der Waals surface area contributed by atoms with Crippen LogP contribution in [-0.4, -0.2) is 39.5 Å². The topological polar surface area (TPSA) is 106 Å². The van der Waals surface area contributed by atoms with Gasteiger partial charge in [-0.1, -0.05) is 6.92 Å². The van der Waals surface area contributed by atoms with Crippen molar-refractivity contribution in [3.8, 4) is 0 Å². The lowest BCUT2D eigenvalue weighted by Gasteiger charge is -2.18. The molecule has 1 unspecified atom stereocenters. The maximum absolute atomic E-state index is 12.5. The van der Waals surface area contributed by atoms with Gasteiger partial charge in [-0.3, -0.25) is 9.59 Å². The number of nitrogens with two attached hydrogens (primary N) is 1. The molecule has 4 rings (SSSR count). The fourth-order valence-corrected chi connectivity index (χ4v) is 4.23. The number of fused-ring (bicyclic) bond motifs is 1. The van der Waals surface area contributed by atoms with Crippen molar-refractivity contribution in [1.82, 2.24) is 14.6 Å². The predicted octanol–water partition coefficient (Wildman–Crippen LogP) is 2.86. The zero-order valence-electron chi connectivity index (χ0n) is 18.2. The number of hydrogen-bond donors (Lipinski definition) is 2. The zero-order chi connectivity index (χ0) is 22.1. The summed E-state index contributed by atoms with van der Waals surface area (Å²) in [6.45, 7) is 8.22. The van der Waals surface area contributed by atoms with Crippen LogP contribution in [0.1, 0.15) is 47.1 Å². The fourth-order valence-electron chi connectivity index (χ4n) is 4.23. The number of primary amides is 1. The van der Waals surface area contributed by atoms with Crippen molar-refractivity contribution in [3.63, 3.8) is 0 Å². The van der Waals surface area contributed by atoms with Gasteiger partial charge in [0.05, 0.1) is 6.20 Å². The van der Waals surface area contributed by atoms with Crippen molar-refractivity contribution in [2.45, 2.75) is 40.0 Å². The molecular formula is C23H28N6O2. The number of amides is 2. The average Bonchev–Trinajstić information content (AvgIpc) is 3.35. The Labute approximate surface area is 181 Å². The van der Waals surface area contributed by atoms with E-state index in [0.717, 1.165) is 41.6 Å². The second-order valence-corrected chi connectivity index (χ2v) is 8.35. The Morgan fingerprint density at radius 3 is 2.61 bits per heavy atom. The first-order valence-electron chi connectivity index (χ1n) is 10.6.